The molecule has 0 saturated carbocycles. The lowest BCUT2D eigenvalue weighted by Crippen LogP contribution is -1.61. The average Bonchev–Trinajstić information content (AvgIpc) is 2.00. The Hall–Kier alpha value is -0.780. The van der Waals surface area contributed by atoms with Gasteiger partial charge < -0.3 is 0 Å². The lowest BCUT2D eigenvalue weighted by atomic mass is 10.3. The van der Waals surface area contributed by atoms with Gasteiger partial charge in [0.1, 0.15) is 0 Å². The molecule has 0 aromatic carbocycles. The standard InChI is InChI=1S/C9H12/c1-2-4-6-8-9-7-5-3-1/h1-4,7,9H,5-6,8H2/b3-1+,4-2-,9-7+. The van der Waals surface area contributed by atoms with Gasteiger partial charge in [-0.2, -0.15) is 0 Å². The summed E-state index contributed by atoms with van der Waals surface area (Å²) in [5.74, 6) is 0. The fourth-order valence-corrected chi connectivity index (χ4v) is 0.817. The third-order valence-corrected chi connectivity index (χ3v) is 1.32. The summed E-state index contributed by atoms with van der Waals surface area (Å²) in [4.78, 5) is 0. The second-order valence-corrected chi connectivity index (χ2v) is 2.14. The predicted molar refractivity (Wildman–Crippen MR) is 41.3 cm³/mol. The summed E-state index contributed by atoms with van der Waals surface area (Å²) in [7, 11) is 0. The molecule has 0 nitrogen and oxygen atoms in total. The van der Waals surface area contributed by atoms with E-state index in [1.807, 2.05) is 0 Å². The van der Waals surface area contributed by atoms with Crippen LogP contribution in [0.15, 0.2) is 36.5 Å². The molecule has 0 aromatic heterocycles. The van der Waals surface area contributed by atoms with Crippen LogP contribution in [-0.2, 0) is 0 Å². The van der Waals surface area contributed by atoms with Crippen molar-refractivity contribution in [1.82, 2.24) is 0 Å². The summed E-state index contributed by atoms with van der Waals surface area (Å²) in [5, 5.41) is 0. The third kappa shape index (κ3) is 2.91. The van der Waals surface area contributed by atoms with Crippen LogP contribution in [-0.4, -0.2) is 0 Å². The highest BCUT2D eigenvalue weighted by Gasteiger charge is 1.77. The largest absolute Gasteiger partial charge is 0.0879 e. The first-order chi connectivity index (χ1) is 4.50. The Bertz CT molecular complexity index is 138. The molecule has 0 aliphatic heterocycles. The molecule has 0 aromatic rings. The average molecular weight is 120 g/mol. The molecule has 1 aliphatic rings. The van der Waals surface area contributed by atoms with E-state index in [0.29, 0.717) is 0 Å². The van der Waals surface area contributed by atoms with Crippen LogP contribution in [0.25, 0.3) is 0 Å². The van der Waals surface area contributed by atoms with Crippen molar-refractivity contribution in [3.8, 4) is 0 Å². The van der Waals surface area contributed by atoms with Crippen LogP contribution >= 0.6 is 0 Å². The van der Waals surface area contributed by atoms with Crippen molar-refractivity contribution in [1.29, 1.82) is 0 Å². The van der Waals surface area contributed by atoms with Gasteiger partial charge in [0.2, 0.25) is 0 Å². The topological polar surface area (TPSA) is 0 Å². The molecule has 0 atom stereocenters. The van der Waals surface area contributed by atoms with Crippen molar-refractivity contribution in [3.05, 3.63) is 36.5 Å². The van der Waals surface area contributed by atoms with Gasteiger partial charge >= 0.3 is 0 Å². The van der Waals surface area contributed by atoms with Gasteiger partial charge in [0.05, 0.1) is 0 Å². The Morgan fingerprint density at radius 1 is 0.667 bits per heavy atom. The van der Waals surface area contributed by atoms with E-state index in [9.17, 15) is 0 Å². The van der Waals surface area contributed by atoms with E-state index in [0.717, 1.165) is 6.42 Å². The van der Waals surface area contributed by atoms with Crippen molar-refractivity contribution in [2.24, 2.45) is 0 Å². The molecule has 0 N–H and O–H groups in total. The minimum absolute atomic E-state index is 1.09. The molecule has 0 saturated heterocycles. The van der Waals surface area contributed by atoms with Crippen LogP contribution in [0.1, 0.15) is 19.3 Å². The lowest BCUT2D eigenvalue weighted by Gasteiger charge is -1.81. The molecule has 0 radical (unpaired) electrons. The van der Waals surface area contributed by atoms with E-state index in [1.165, 1.54) is 12.8 Å². The van der Waals surface area contributed by atoms with Crippen molar-refractivity contribution in [2.45, 2.75) is 19.3 Å². The van der Waals surface area contributed by atoms with Gasteiger partial charge in [0, 0.05) is 0 Å². The predicted octanol–water partition coefficient (Wildman–Crippen LogP) is 2.84. The van der Waals surface area contributed by atoms with E-state index in [4.69, 9.17) is 0 Å². The first-order valence-electron chi connectivity index (χ1n) is 3.47. The van der Waals surface area contributed by atoms with Gasteiger partial charge in [-0.15, -0.1) is 0 Å². The zero-order chi connectivity index (χ0) is 6.36. The zero-order valence-electron chi connectivity index (χ0n) is 5.59. The summed E-state index contributed by atoms with van der Waals surface area (Å²) in [5.41, 5.74) is 0. The van der Waals surface area contributed by atoms with E-state index in [1.54, 1.807) is 0 Å². The van der Waals surface area contributed by atoms with Crippen LogP contribution in [0, 0.1) is 0 Å². The Labute approximate surface area is 56.6 Å². The fourth-order valence-electron chi connectivity index (χ4n) is 0.817. The summed E-state index contributed by atoms with van der Waals surface area (Å²) in [6.07, 6.45) is 16.5. The maximum absolute atomic E-state index is 2.24. The molecular formula is C9H12. The molecule has 0 spiro atoms. The number of rotatable bonds is 0. The Morgan fingerprint density at radius 3 is 2.44 bits per heavy atom. The van der Waals surface area contributed by atoms with Gasteiger partial charge in [0.25, 0.3) is 0 Å². The van der Waals surface area contributed by atoms with E-state index >= 15 is 0 Å². The number of hydrogen-bond donors (Lipinski definition) is 0. The number of allylic oxidation sites excluding steroid dienone is 6. The maximum atomic E-state index is 2.24. The van der Waals surface area contributed by atoms with Gasteiger partial charge in [-0.05, 0) is 19.3 Å². The van der Waals surface area contributed by atoms with Crippen LogP contribution in [0.3, 0.4) is 0 Å². The van der Waals surface area contributed by atoms with Gasteiger partial charge in [-0.25, -0.2) is 0 Å². The van der Waals surface area contributed by atoms with Crippen LogP contribution in [0.4, 0.5) is 0 Å². The van der Waals surface area contributed by atoms with Crippen molar-refractivity contribution in [2.75, 3.05) is 0 Å². The zero-order valence-corrected chi connectivity index (χ0v) is 5.59. The highest BCUT2D eigenvalue weighted by molar-refractivity contribution is 5.06. The lowest BCUT2D eigenvalue weighted by molar-refractivity contribution is 1.05. The Kier molecular flexibility index (Phi) is 2.91. The highest BCUT2D eigenvalue weighted by atomic mass is 13.8. The van der Waals surface area contributed by atoms with Gasteiger partial charge in [0.15, 0.2) is 0 Å². The summed E-state index contributed by atoms with van der Waals surface area (Å²) >= 11 is 0. The molecule has 0 bridgehead atoms. The molecule has 0 heteroatoms. The van der Waals surface area contributed by atoms with Crippen LogP contribution in [0.2, 0.25) is 0 Å². The summed E-state index contributed by atoms with van der Waals surface area (Å²) < 4.78 is 0. The third-order valence-electron chi connectivity index (χ3n) is 1.32. The Balaban J connectivity index is 2.43. The van der Waals surface area contributed by atoms with Crippen LogP contribution < -0.4 is 0 Å². The van der Waals surface area contributed by atoms with E-state index < -0.39 is 0 Å². The minimum Gasteiger partial charge on any atom is -0.0879 e. The molecule has 0 unspecified atom stereocenters. The second-order valence-electron chi connectivity index (χ2n) is 2.14. The van der Waals surface area contributed by atoms with Gasteiger partial charge in [-0.1, -0.05) is 36.5 Å². The first-order valence-corrected chi connectivity index (χ1v) is 3.47. The Morgan fingerprint density at radius 2 is 1.44 bits per heavy atom. The van der Waals surface area contributed by atoms with Gasteiger partial charge in [-0.3, -0.25) is 0 Å². The normalized spacial score (nSPS) is 29.3. The van der Waals surface area contributed by atoms with E-state index in [-0.39, 0.29) is 0 Å². The monoisotopic (exact) mass is 120 g/mol. The summed E-state index contributed by atoms with van der Waals surface area (Å²) in [6, 6.07) is 0. The molecule has 0 fully saturated rings. The molecule has 1 rings (SSSR count). The minimum atomic E-state index is 1.09. The first kappa shape index (κ1) is 6.34. The second kappa shape index (κ2) is 4.13. The molecule has 9 heavy (non-hydrogen) atoms. The maximum Gasteiger partial charge on any atom is -0.0166 e. The molecule has 48 valence electrons. The highest BCUT2D eigenvalue weighted by Crippen LogP contribution is 1.98. The van der Waals surface area contributed by atoms with Crippen molar-refractivity contribution in [3.63, 3.8) is 0 Å². The molecule has 0 heterocycles. The molecule has 0 amide bonds. The van der Waals surface area contributed by atoms with Crippen molar-refractivity contribution >= 4 is 0 Å². The quantitative estimate of drug-likeness (QED) is 0.431. The fraction of sp³-hybridized carbons (Fsp3) is 0.333. The molecule has 1 aliphatic carbocycles. The summed E-state index contributed by atoms with van der Waals surface area (Å²) in [6.45, 7) is 0. The van der Waals surface area contributed by atoms with Crippen molar-refractivity contribution < 1.29 is 0 Å². The number of hydrogen-bond acceptors (Lipinski definition) is 0. The molecular weight excluding hydrogens is 108 g/mol. The van der Waals surface area contributed by atoms with Crippen LogP contribution in [0.5, 0.6) is 0 Å². The smallest absolute Gasteiger partial charge is 0.0166 e. The SMILES string of the molecule is C1=C\CC/C=C/C/C=C/1. The van der Waals surface area contributed by atoms with E-state index in [2.05, 4.69) is 36.5 Å².